The van der Waals surface area contributed by atoms with E-state index in [0.717, 1.165) is 31.9 Å². The number of ether oxygens (including phenoxy) is 1. The minimum absolute atomic E-state index is 0.674. The van der Waals surface area contributed by atoms with Gasteiger partial charge in [-0.25, -0.2) is 0 Å². The summed E-state index contributed by atoms with van der Waals surface area (Å²) in [6, 6.07) is 10.0. The second-order valence-corrected chi connectivity index (χ2v) is 8.72. The van der Waals surface area contributed by atoms with E-state index < -0.39 is 0 Å². The second kappa shape index (κ2) is 21.1. The molecule has 0 fully saturated rings. The number of unbranched alkanes of at least 4 members (excludes halogenated alkanes) is 13. The van der Waals surface area contributed by atoms with Crippen molar-refractivity contribution in [2.75, 3.05) is 25.1 Å². The molecule has 172 valence electrons. The number of nitrogens with one attached hydrogen (secondary N) is 2. The molecule has 0 aliphatic carbocycles. The summed E-state index contributed by atoms with van der Waals surface area (Å²) in [5, 5.41) is 7.08. The van der Waals surface area contributed by atoms with E-state index in [1.165, 1.54) is 89.9 Å². The summed E-state index contributed by atoms with van der Waals surface area (Å²) in [6.07, 6.45) is 20.5. The molecule has 1 aromatic carbocycles. The fraction of sp³-hybridized carbons (Fsp3) is 0.731. The molecular weight excluding hydrogens is 388 g/mol. The zero-order chi connectivity index (χ0) is 21.5. The van der Waals surface area contributed by atoms with Gasteiger partial charge in [0.15, 0.2) is 5.11 Å². The Balaban J connectivity index is 1.72. The molecule has 3 nitrogen and oxygen atoms in total. The maximum absolute atomic E-state index is 5.74. The summed E-state index contributed by atoms with van der Waals surface area (Å²) in [6.45, 7) is 4.83. The number of thiocarbonyl (C=S) groups is 1. The number of hydrogen-bond acceptors (Lipinski definition) is 2. The van der Waals surface area contributed by atoms with Crippen molar-refractivity contribution in [3.8, 4) is 0 Å². The molecule has 30 heavy (non-hydrogen) atoms. The second-order valence-electron chi connectivity index (χ2n) is 8.31. The molecule has 0 radical (unpaired) electrons. The molecule has 0 amide bonds. The Labute approximate surface area is 191 Å². The number of rotatable bonds is 20. The van der Waals surface area contributed by atoms with Crippen LogP contribution in [0.4, 0.5) is 5.69 Å². The van der Waals surface area contributed by atoms with Crippen LogP contribution in [-0.4, -0.2) is 24.9 Å². The van der Waals surface area contributed by atoms with E-state index in [-0.39, 0.29) is 0 Å². The topological polar surface area (TPSA) is 33.3 Å². The van der Waals surface area contributed by atoms with Gasteiger partial charge in [-0.1, -0.05) is 109 Å². The molecule has 0 atom stereocenters. The van der Waals surface area contributed by atoms with E-state index in [1.807, 2.05) is 30.3 Å². The largest absolute Gasteiger partial charge is 0.381 e. The molecule has 0 heterocycles. The number of benzene rings is 1. The highest BCUT2D eigenvalue weighted by molar-refractivity contribution is 7.80. The van der Waals surface area contributed by atoms with E-state index in [2.05, 4.69) is 17.6 Å². The first-order valence-electron chi connectivity index (χ1n) is 12.5. The summed E-state index contributed by atoms with van der Waals surface area (Å²) in [7, 11) is 0. The molecule has 0 saturated carbocycles. The summed E-state index contributed by atoms with van der Waals surface area (Å²) >= 11 is 5.29. The minimum atomic E-state index is 0.674. The third kappa shape index (κ3) is 17.7. The zero-order valence-electron chi connectivity index (χ0n) is 19.4. The van der Waals surface area contributed by atoms with Gasteiger partial charge in [0.1, 0.15) is 0 Å². The Morgan fingerprint density at radius 3 is 1.77 bits per heavy atom. The molecule has 4 heteroatoms. The molecule has 0 bridgehead atoms. The van der Waals surface area contributed by atoms with Crippen LogP contribution in [0.5, 0.6) is 0 Å². The average Bonchev–Trinajstić information content (AvgIpc) is 2.76. The molecule has 2 N–H and O–H groups in total. The van der Waals surface area contributed by atoms with Gasteiger partial charge in [0.25, 0.3) is 0 Å². The molecule has 0 unspecified atom stereocenters. The van der Waals surface area contributed by atoms with Gasteiger partial charge < -0.3 is 15.4 Å². The van der Waals surface area contributed by atoms with Crippen molar-refractivity contribution >= 4 is 23.0 Å². The first kappa shape index (κ1) is 26.9. The van der Waals surface area contributed by atoms with Crippen molar-refractivity contribution in [3.63, 3.8) is 0 Å². The standard InChI is InChI=1S/C26H46N2OS/c1-2-3-4-5-6-7-8-9-10-11-12-13-14-18-23-29-24-19-22-27-26(30)28-25-20-16-15-17-21-25/h15-17,20-21H,2-14,18-19,22-24H2,1H3,(H2,27,28,30). The maximum atomic E-state index is 5.74. The van der Waals surface area contributed by atoms with E-state index >= 15 is 0 Å². The highest BCUT2D eigenvalue weighted by atomic mass is 32.1. The number of hydrogen-bond donors (Lipinski definition) is 2. The predicted octanol–water partition coefficient (Wildman–Crippen LogP) is 7.86. The van der Waals surface area contributed by atoms with Gasteiger partial charge in [0.2, 0.25) is 0 Å². The van der Waals surface area contributed by atoms with E-state index in [4.69, 9.17) is 17.0 Å². The maximum Gasteiger partial charge on any atom is 0.170 e. The van der Waals surface area contributed by atoms with E-state index in [9.17, 15) is 0 Å². The Morgan fingerprint density at radius 1 is 0.700 bits per heavy atom. The highest BCUT2D eigenvalue weighted by Crippen LogP contribution is 2.13. The van der Waals surface area contributed by atoms with Crippen LogP contribution in [0.1, 0.15) is 103 Å². The van der Waals surface area contributed by atoms with Crippen molar-refractivity contribution in [1.82, 2.24) is 5.32 Å². The Hall–Kier alpha value is -1.13. The summed E-state index contributed by atoms with van der Waals surface area (Å²) < 4.78 is 5.74. The van der Waals surface area contributed by atoms with Gasteiger partial charge in [-0.05, 0) is 37.2 Å². The van der Waals surface area contributed by atoms with Crippen LogP contribution in [0.2, 0.25) is 0 Å². The van der Waals surface area contributed by atoms with E-state index in [0.29, 0.717) is 5.11 Å². The van der Waals surface area contributed by atoms with Crippen LogP contribution in [-0.2, 0) is 4.74 Å². The molecule has 0 spiro atoms. The van der Waals surface area contributed by atoms with Crippen molar-refractivity contribution in [2.45, 2.75) is 103 Å². The van der Waals surface area contributed by atoms with Crippen LogP contribution >= 0.6 is 12.2 Å². The lowest BCUT2D eigenvalue weighted by Gasteiger charge is -2.10. The van der Waals surface area contributed by atoms with Crippen LogP contribution in [0.25, 0.3) is 0 Å². The Bertz CT molecular complexity index is 495. The summed E-state index contributed by atoms with van der Waals surface area (Å²) in [4.78, 5) is 0. The number of para-hydroxylation sites is 1. The quantitative estimate of drug-likeness (QED) is 0.162. The van der Waals surface area contributed by atoms with Crippen LogP contribution in [0.3, 0.4) is 0 Å². The van der Waals surface area contributed by atoms with Gasteiger partial charge in [-0.3, -0.25) is 0 Å². The van der Waals surface area contributed by atoms with Gasteiger partial charge in [-0.15, -0.1) is 0 Å². The van der Waals surface area contributed by atoms with Crippen LogP contribution in [0.15, 0.2) is 30.3 Å². The fourth-order valence-corrected chi connectivity index (χ4v) is 3.79. The third-order valence-corrected chi connectivity index (χ3v) is 5.67. The molecule has 1 rings (SSSR count). The zero-order valence-corrected chi connectivity index (χ0v) is 20.2. The lowest BCUT2D eigenvalue weighted by molar-refractivity contribution is 0.128. The van der Waals surface area contributed by atoms with Crippen LogP contribution < -0.4 is 10.6 Å². The molecule has 0 aliphatic heterocycles. The average molecular weight is 435 g/mol. The Morgan fingerprint density at radius 2 is 1.20 bits per heavy atom. The van der Waals surface area contributed by atoms with Crippen molar-refractivity contribution < 1.29 is 4.74 Å². The number of anilines is 1. The normalized spacial score (nSPS) is 10.8. The van der Waals surface area contributed by atoms with E-state index in [1.54, 1.807) is 0 Å². The summed E-state index contributed by atoms with van der Waals surface area (Å²) in [5.41, 5.74) is 1.02. The lowest BCUT2D eigenvalue weighted by atomic mass is 10.0. The van der Waals surface area contributed by atoms with Crippen molar-refractivity contribution in [1.29, 1.82) is 0 Å². The molecular formula is C26H46N2OS. The molecule has 0 aromatic heterocycles. The third-order valence-electron chi connectivity index (χ3n) is 5.42. The minimum Gasteiger partial charge on any atom is -0.381 e. The summed E-state index contributed by atoms with van der Waals surface area (Å²) in [5.74, 6) is 0. The highest BCUT2D eigenvalue weighted by Gasteiger charge is 1.97. The smallest absolute Gasteiger partial charge is 0.170 e. The predicted molar refractivity (Wildman–Crippen MR) is 136 cm³/mol. The van der Waals surface area contributed by atoms with Crippen molar-refractivity contribution in [3.05, 3.63) is 30.3 Å². The molecule has 0 aliphatic rings. The first-order chi connectivity index (χ1) is 14.8. The molecule has 1 aromatic rings. The SMILES string of the molecule is CCCCCCCCCCCCCCCCOCCCNC(=S)Nc1ccccc1. The van der Waals surface area contributed by atoms with Gasteiger partial charge >= 0.3 is 0 Å². The fourth-order valence-electron chi connectivity index (χ4n) is 3.57. The monoisotopic (exact) mass is 434 g/mol. The van der Waals surface area contributed by atoms with Gasteiger partial charge in [-0.2, -0.15) is 0 Å². The Kier molecular flexibility index (Phi) is 18.9. The molecule has 0 saturated heterocycles. The first-order valence-corrected chi connectivity index (χ1v) is 12.9. The van der Waals surface area contributed by atoms with Crippen LogP contribution in [0, 0.1) is 0 Å². The van der Waals surface area contributed by atoms with Gasteiger partial charge in [0, 0.05) is 25.4 Å². The van der Waals surface area contributed by atoms with Gasteiger partial charge in [0.05, 0.1) is 0 Å². The lowest BCUT2D eigenvalue weighted by Crippen LogP contribution is -2.29. The van der Waals surface area contributed by atoms with Crippen molar-refractivity contribution in [2.24, 2.45) is 0 Å².